The zero-order chi connectivity index (χ0) is 23.7. The molecule has 8 nitrogen and oxygen atoms in total. The van der Waals surface area contributed by atoms with Crippen molar-refractivity contribution in [2.45, 2.75) is 19.4 Å². The maximum atomic E-state index is 6.14. The molecular weight excluding hydrogens is 428 g/mol. The fourth-order valence-corrected chi connectivity index (χ4v) is 4.33. The second-order valence-corrected chi connectivity index (χ2v) is 8.74. The van der Waals surface area contributed by atoms with Gasteiger partial charge in [-0.05, 0) is 31.0 Å². The molecule has 8 heteroatoms. The summed E-state index contributed by atoms with van der Waals surface area (Å²) in [7, 11) is 5.78. The van der Waals surface area contributed by atoms with Crippen LogP contribution in [-0.2, 0) is 11.2 Å². The van der Waals surface area contributed by atoms with Gasteiger partial charge in [0.1, 0.15) is 12.4 Å². The Labute approximate surface area is 200 Å². The third kappa shape index (κ3) is 4.31. The quantitative estimate of drug-likeness (QED) is 0.630. The van der Waals surface area contributed by atoms with E-state index in [-0.39, 0.29) is 6.04 Å². The molecule has 5 rings (SSSR count). The van der Waals surface area contributed by atoms with Crippen LogP contribution in [0.5, 0.6) is 5.75 Å². The Bertz CT molecular complexity index is 1230. The van der Waals surface area contributed by atoms with E-state index >= 15 is 0 Å². The molecule has 0 bridgehead atoms. The van der Waals surface area contributed by atoms with Crippen LogP contribution in [0.4, 0.5) is 5.69 Å². The zero-order valence-electron chi connectivity index (χ0n) is 20.0. The van der Waals surface area contributed by atoms with Gasteiger partial charge in [-0.1, -0.05) is 30.3 Å². The molecule has 1 aromatic heterocycles. The fraction of sp³-hybridized carbons (Fsp3) is 0.308. The smallest absolute Gasteiger partial charge is 0.205 e. The number of nitrogens with one attached hydrogen (secondary N) is 1. The van der Waals surface area contributed by atoms with Crippen molar-refractivity contribution in [2.24, 2.45) is 4.99 Å². The van der Waals surface area contributed by atoms with Crippen molar-refractivity contribution in [2.75, 3.05) is 39.7 Å². The van der Waals surface area contributed by atoms with Gasteiger partial charge in [0.05, 0.1) is 37.4 Å². The minimum absolute atomic E-state index is 0.229. The third-order valence-corrected chi connectivity index (χ3v) is 6.28. The molecule has 1 N–H and O–H groups in total. The number of nitrogens with zero attached hydrogens (tertiary/aromatic N) is 5. The van der Waals surface area contributed by atoms with E-state index in [2.05, 4.69) is 51.4 Å². The molecule has 1 unspecified atom stereocenters. The first kappa shape index (κ1) is 21.9. The molecule has 0 saturated heterocycles. The molecule has 0 radical (unpaired) electrons. The molecule has 176 valence electrons. The molecule has 0 aliphatic carbocycles. The number of hydrogen-bond acceptors (Lipinski definition) is 7. The average molecular weight is 459 g/mol. The van der Waals surface area contributed by atoms with Crippen LogP contribution >= 0.6 is 0 Å². The highest BCUT2D eigenvalue weighted by molar-refractivity contribution is 5.95. The molecule has 3 aromatic rings. The maximum Gasteiger partial charge on any atom is 0.205 e. The predicted molar refractivity (Wildman–Crippen MR) is 133 cm³/mol. The van der Waals surface area contributed by atoms with Crippen molar-refractivity contribution < 1.29 is 9.47 Å². The van der Waals surface area contributed by atoms with E-state index < -0.39 is 0 Å². The Kier molecular flexibility index (Phi) is 5.88. The van der Waals surface area contributed by atoms with Crippen LogP contribution in [0.15, 0.2) is 77.6 Å². The molecule has 0 spiro atoms. The van der Waals surface area contributed by atoms with Crippen molar-refractivity contribution in [1.82, 2.24) is 19.4 Å². The summed E-state index contributed by atoms with van der Waals surface area (Å²) >= 11 is 0. The number of anilines is 1. The third-order valence-electron chi connectivity index (χ3n) is 6.28. The Balaban J connectivity index is 1.37. The van der Waals surface area contributed by atoms with E-state index in [0.717, 1.165) is 46.8 Å². The summed E-state index contributed by atoms with van der Waals surface area (Å²) in [6.45, 7) is 3.28. The van der Waals surface area contributed by atoms with Gasteiger partial charge in [0, 0.05) is 32.0 Å². The first-order valence-electron chi connectivity index (χ1n) is 11.4. The van der Waals surface area contributed by atoms with E-state index in [0.29, 0.717) is 13.2 Å². The van der Waals surface area contributed by atoms with E-state index in [1.807, 2.05) is 49.0 Å². The second-order valence-electron chi connectivity index (χ2n) is 8.74. The lowest BCUT2D eigenvalue weighted by Crippen LogP contribution is -2.47. The Morgan fingerprint density at radius 1 is 1.15 bits per heavy atom. The molecule has 34 heavy (non-hydrogen) atoms. The summed E-state index contributed by atoms with van der Waals surface area (Å²) in [6, 6.07) is 16.8. The highest BCUT2D eigenvalue weighted by Crippen LogP contribution is 2.30. The largest absolute Gasteiger partial charge is 0.494 e. The van der Waals surface area contributed by atoms with E-state index in [4.69, 9.17) is 14.5 Å². The van der Waals surface area contributed by atoms with Crippen molar-refractivity contribution in [1.29, 1.82) is 0 Å². The molecule has 2 aliphatic rings. The summed E-state index contributed by atoms with van der Waals surface area (Å²) in [6.07, 6.45) is 4.68. The summed E-state index contributed by atoms with van der Waals surface area (Å²) in [5, 5.41) is 3.46. The minimum Gasteiger partial charge on any atom is -0.494 e. The number of aryl methyl sites for hydroxylation is 1. The lowest BCUT2D eigenvalue weighted by Gasteiger charge is -2.40. The number of rotatable bonds is 5. The van der Waals surface area contributed by atoms with Gasteiger partial charge in [-0.2, -0.15) is 4.99 Å². The average Bonchev–Trinajstić information content (AvgIpc) is 3.28. The van der Waals surface area contributed by atoms with E-state index in [1.165, 1.54) is 5.56 Å². The minimum atomic E-state index is 0.229. The van der Waals surface area contributed by atoms with Crippen molar-refractivity contribution in [3.8, 4) is 11.4 Å². The number of likely N-dealkylation sites (N-methyl/N-ethyl adjacent to an activating group) is 2. The van der Waals surface area contributed by atoms with Gasteiger partial charge < -0.3 is 29.2 Å². The van der Waals surface area contributed by atoms with Crippen LogP contribution in [0.25, 0.3) is 5.69 Å². The summed E-state index contributed by atoms with van der Waals surface area (Å²) in [5.74, 6) is 3.30. The number of aromatic nitrogens is 2. The van der Waals surface area contributed by atoms with Gasteiger partial charge in [-0.3, -0.25) is 0 Å². The molecule has 0 saturated carbocycles. The SMILES string of the molecule is COc1cc(NC2=NC3=C(CN2C)OCC(Cc2ccccc2)N3C)ccc1-n1cnc(C)c1. The van der Waals surface area contributed by atoms with Crippen LogP contribution in [-0.4, -0.2) is 65.7 Å². The first-order chi connectivity index (χ1) is 16.5. The number of hydrogen-bond donors (Lipinski definition) is 1. The van der Waals surface area contributed by atoms with Crippen LogP contribution in [0.2, 0.25) is 0 Å². The van der Waals surface area contributed by atoms with Gasteiger partial charge in [-0.15, -0.1) is 0 Å². The number of methoxy groups -OCH3 is 1. The van der Waals surface area contributed by atoms with Crippen molar-refractivity contribution in [3.63, 3.8) is 0 Å². The standard InChI is InChI=1S/C26H30N6O2/c1-18-14-32(17-27-18)22-11-10-20(13-23(22)33-4)28-26-29-25-24(15-30(26)2)34-16-21(31(25)3)12-19-8-6-5-7-9-19/h5-11,13-14,17,21H,12,15-16H2,1-4H3,(H,28,29). The Morgan fingerprint density at radius 3 is 2.71 bits per heavy atom. The zero-order valence-corrected chi connectivity index (χ0v) is 20.0. The number of aliphatic imine (C=N–C) groups is 1. The van der Waals surface area contributed by atoms with E-state index in [9.17, 15) is 0 Å². The predicted octanol–water partition coefficient (Wildman–Crippen LogP) is 3.65. The lowest BCUT2D eigenvalue weighted by molar-refractivity contribution is 0.0769. The number of imidazole rings is 1. The van der Waals surface area contributed by atoms with Crippen LogP contribution < -0.4 is 10.1 Å². The number of benzene rings is 2. The lowest BCUT2D eigenvalue weighted by atomic mass is 10.0. The topological polar surface area (TPSA) is 67.2 Å². The highest BCUT2D eigenvalue weighted by atomic mass is 16.5. The fourth-order valence-electron chi connectivity index (χ4n) is 4.33. The Hall–Kier alpha value is -3.94. The Morgan fingerprint density at radius 2 is 1.97 bits per heavy atom. The normalized spacial score (nSPS) is 17.8. The maximum absolute atomic E-state index is 6.14. The number of ether oxygens (including phenoxy) is 2. The van der Waals surface area contributed by atoms with Crippen LogP contribution in [0, 0.1) is 6.92 Å². The van der Waals surface area contributed by atoms with Gasteiger partial charge >= 0.3 is 0 Å². The monoisotopic (exact) mass is 458 g/mol. The summed E-state index contributed by atoms with van der Waals surface area (Å²) < 4.78 is 13.8. The van der Waals surface area contributed by atoms with Gasteiger partial charge in [0.2, 0.25) is 5.96 Å². The molecule has 2 aromatic carbocycles. The second kappa shape index (κ2) is 9.13. The summed E-state index contributed by atoms with van der Waals surface area (Å²) in [4.78, 5) is 13.6. The molecule has 1 atom stereocenters. The number of guanidine groups is 1. The molecule has 0 amide bonds. The van der Waals surface area contributed by atoms with Crippen molar-refractivity contribution >= 4 is 11.6 Å². The molecular formula is C26H30N6O2. The van der Waals surface area contributed by atoms with Crippen LogP contribution in [0.3, 0.4) is 0 Å². The van der Waals surface area contributed by atoms with Crippen LogP contribution in [0.1, 0.15) is 11.3 Å². The highest BCUT2D eigenvalue weighted by Gasteiger charge is 2.31. The van der Waals surface area contributed by atoms with E-state index in [1.54, 1.807) is 13.4 Å². The first-order valence-corrected chi connectivity index (χ1v) is 11.4. The summed E-state index contributed by atoms with van der Waals surface area (Å²) in [5.41, 5.74) is 4.08. The molecule has 0 fully saturated rings. The molecule has 2 aliphatic heterocycles. The van der Waals surface area contributed by atoms with Crippen molar-refractivity contribution in [3.05, 3.63) is 83.9 Å². The van der Waals surface area contributed by atoms with Gasteiger partial charge in [-0.25, -0.2) is 4.98 Å². The molecule has 3 heterocycles. The van der Waals surface area contributed by atoms with Gasteiger partial charge in [0.15, 0.2) is 11.6 Å². The van der Waals surface area contributed by atoms with Gasteiger partial charge in [0.25, 0.3) is 0 Å².